The maximum Gasteiger partial charge on any atom is 0.253 e. The van der Waals surface area contributed by atoms with Gasteiger partial charge in [-0.15, -0.1) is 0 Å². The van der Waals surface area contributed by atoms with Crippen molar-refractivity contribution in [2.24, 2.45) is 0 Å². The highest BCUT2D eigenvalue weighted by molar-refractivity contribution is 6.33. The minimum Gasteiger partial charge on any atom is -0.508 e. The van der Waals surface area contributed by atoms with Crippen LogP contribution in [0, 0.1) is 0 Å². The van der Waals surface area contributed by atoms with E-state index in [1.165, 1.54) is 0 Å². The highest BCUT2D eigenvalue weighted by atomic mass is 35.5. The third-order valence-corrected chi connectivity index (χ3v) is 2.79. The number of hydrogen-bond donors (Lipinski definition) is 2. The van der Waals surface area contributed by atoms with Crippen molar-refractivity contribution in [3.8, 4) is 0 Å². The third kappa shape index (κ3) is 2.36. The first-order valence-electron chi connectivity index (χ1n) is 5.06. The Hall–Kier alpha value is -1.48. The summed E-state index contributed by atoms with van der Waals surface area (Å²) in [6.07, 6.45) is 2.05. The van der Waals surface area contributed by atoms with Crippen LogP contribution in [-0.4, -0.2) is 17.1 Å². The number of hydrogen-bond acceptors (Lipinski definition) is 2. The van der Waals surface area contributed by atoms with Gasteiger partial charge in [-0.1, -0.05) is 18.2 Å². The summed E-state index contributed by atoms with van der Waals surface area (Å²) in [5.74, 6) is -0.271. The minimum atomic E-state index is -0.199. The molecule has 1 aromatic rings. The standard InChI is InChI=1S/C12H12ClNO2/c1-7(15)8-2-5-11(13)10(6-8)12(16)14-9-3-4-9/h2,5-6,9,15H,1,3-4H2,(H,14,16). The lowest BCUT2D eigenvalue weighted by Crippen LogP contribution is -2.25. The molecule has 1 aromatic carbocycles. The highest BCUT2D eigenvalue weighted by Crippen LogP contribution is 2.23. The van der Waals surface area contributed by atoms with Crippen molar-refractivity contribution in [1.82, 2.24) is 5.32 Å². The molecular formula is C12H12ClNO2. The normalized spacial score (nSPS) is 14.6. The number of carbonyl (C=O) groups excluding carboxylic acids is 1. The van der Waals surface area contributed by atoms with Crippen LogP contribution in [0.4, 0.5) is 0 Å². The second-order valence-electron chi connectivity index (χ2n) is 3.89. The second-order valence-corrected chi connectivity index (χ2v) is 4.30. The molecule has 4 heteroatoms. The minimum absolute atomic E-state index is 0.0721. The Kier molecular flexibility index (Phi) is 2.88. The first-order valence-corrected chi connectivity index (χ1v) is 5.44. The Labute approximate surface area is 98.7 Å². The number of aliphatic hydroxyl groups excluding tert-OH is 1. The van der Waals surface area contributed by atoms with Gasteiger partial charge in [0, 0.05) is 11.6 Å². The molecule has 3 nitrogen and oxygen atoms in total. The largest absolute Gasteiger partial charge is 0.508 e. The van der Waals surface area contributed by atoms with Crippen LogP contribution >= 0.6 is 11.6 Å². The summed E-state index contributed by atoms with van der Waals surface area (Å²) < 4.78 is 0. The summed E-state index contributed by atoms with van der Waals surface area (Å²) in [5.41, 5.74) is 0.881. The van der Waals surface area contributed by atoms with E-state index in [1.54, 1.807) is 18.2 Å². The number of carbonyl (C=O) groups is 1. The van der Waals surface area contributed by atoms with Crippen LogP contribution in [0.3, 0.4) is 0 Å². The maximum absolute atomic E-state index is 11.8. The topological polar surface area (TPSA) is 49.3 Å². The van der Waals surface area contributed by atoms with Crippen LogP contribution in [0.25, 0.3) is 5.76 Å². The van der Waals surface area contributed by atoms with E-state index in [0.717, 1.165) is 12.8 Å². The van der Waals surface area contributed by atoms with Crippen LogP contribution in [0.15, 0.2) is 24.8 Å². The molecule has 1 amide bonds. The summed E-state index contributed by atoms with van der Waals surface area (Å²) in [6, 6.07) is 5.03. The molecule has 1 saturated carbocycles. The Morgan fingerprint density at radius 2 is 2.19 bits per heavy atom. The van der Waals surface area contributed by atoms with Crippen LogP contribution < -0.4 is 5.32 Å². The van der Waals surface area contributed by atoms with Crippen molar-refractivity contribution in [1.29, 1.82) is 0 Å². The fraction of sp³-hybridized carbons (Fsp3) is 0.250. The summed E-state index contributed by atoms with van der Waals surface area (Å²) in [7, 11) is 0. The molecule has 0 aliphatic heterocycles. The zero-order valence-electron chi connectivity index (χ0n) is 8.66. The van der Waals surface area contributed by atoms with Gasteiger partial charge in [-0.2, -0.15) is 0 Å². The molecule has 84 valence electrons. The molecular weight excluding hydrogens is 226 g/mol. The van der Waals surface area contributed by atoms with Crippen LogP contribution in [0.1, 0.15) is 28.8 Å². The van der Waals surface area contributed by atoms with Crippen molar-refractivity contribution in [2.45, 2.75) is 18.9 Å². The summed E-state index contributed by atoms with van der Waals surface area (Å²) in [5, 5.41) is 12.5. The molecule has 16 heavy (non-hydrogen) atoms. The Morgan fingerprint density at radius 1 is 1.50 bits per heavy atom. The Bertz CT molecular complexity index is 452. The highest BCUT2D eigenvalue weighted by Gasteiger charge is 2.24. The summed E-state index contributed by atoms with van der Waals surface area (Å²) >= 11 is 5.93. The van der Waals surface area contributed by atoms with E-state index in [-0.39, 0.29) is 17.7 Å². The van der Waals surface area contributed by atoms with E-state index >= 15 is 0 Å². The number of halogens is 1. The molecule has 0 unspecified atom stereocenters. The van der Waals surface area contributed by atoms with Gasteiger partial charge < -0.3 is 10.4 Å². The lowest BCUT2D eigenvalue weighted by molar-refractivity contribution is 0.0951. The average molecular weight is 238 g/mol. The Balaban J connectivity index is 2.26. The van der Waals surface area contributed by atoms with Crippen molar-refractivity contribution >= 4 is 23.3 Å². The molecule has 0 aromatic heterocycles. The van der Waals surface area contributed by atoms with Gasteiger partial charge in [0.1, 0.15) is 5.76 Å². The number of nitrogens with one attached hydrogen (secondary N) is 1. The van der Waals surface area contributed by atoms with Crippen molar-refractivity contribution in [3.05, 3.63) is 40.9 Å². The first-order chi connectivity index (χ1) is 7.58. The Morgan fingerprint density at radius 3 is 2.75 bits per heavy atom. The van der Waals surface area contributed by atoms with E-state index < -0.39 is 0 Å². The van der Waals surface area contributed by atoms with E-state index in [1.807, 2.05) is 0 Å². The van der Waals surface area contributed by atoms with Gasteiger partial charge in [0.05, 0.1) is 10.6 Å². The van der Waals surface area contributed by atoms with Crippen LogP contribution in [0.2, 0.25) is 5.02 Å². The summed E-state index contributed by atoms with van der Waals surface area (Å²) in [6.45, 7) is 3.41. The van der Waals surface area contributed by atoms with Gasteiger partial charge in [-0.25, -0.2) is 0 Å². The van der Waals surface area contributed by atoms with Crippen molar-refractivity contribution < 1.29 is 9.90 Å². The zero-order chi connectivity index (χ0) is 11.7. The van der Waals surface area contributed by atoms with Gasteiger partial charge in [-0.3, -0.25) is 4.79 Å². The molecule has 0 radical (unpaired) electrons. The molecule has 0 bridgehead atoms. The number of benzene rings is 1. The fourth-order valence-corrected chi connectivity index (χ4v) is 1.57. The monoisotopic (exact) mass is 237 g/mol. The van der Waals surface area contributed by atoms with Crippen molar-refractivity contribution in [2.75, 3.05) is 0 Å². The second kappa shape index (κ2) is 4.18. The van der Waals surface area contributed by atoms with E-state index in [4.69, 9.17) is 11.6 Å². The van der Waals surface area contributed by atoms with Crippen molar-refractivity contribution in [3.63, 3.8) is 0 Å². The molecule has 2 rings (SSSR count). The van der Waals surface area contributed by atoms with Gasteiger partial charge in [0.15, 0.2) is 0 Å². The molecule has 1 fully saturated rings. The lowest BCUT2D eigenvalue weighted by atomic mass is 10.1. The fourth-order valence-electron chi connectivity index (χ4n) is 1.37. The number of amides is 1. The predicted molar refractivity (Wildman–Crippen MR) is 63.6 cm³/mol. The van der Waals surface area contributed by atoms with Gasteiger partial charge in [0.25, 0.3) is 5.91 Å². The summed E-state index contributed by atoms with van der Waals surface area (Å²) in [4.78, 5) is 11.8. The zero-order valence-corrected chi connectivity index (χ0v) is 9.42. The quantitative estimate of drug-likeness (QED) is 0.795. The maximum atomic E-state index is 11.8. The SMILES string of the molecule is C=C(O)c1ccc(Cl)c(C(=O)NC2CC2)c1. The first kappa shape index (κ1) is 11.0. The van der Waals surface area contributed by atoms with Crippen LogP contribution in [0.5, 0.6) is 0 Å². The van der Waals surface area contributed by atoms with Crippen LogP contribution in [-0.2, 0) is 0 Å². The molecule has 1 aliphatic rings. The van der Waals surface area contributed by atoms with E-state index in [2.05, 4.69) is 11.9 Å². The van der Waals surface area contributed by atoms with Gasteiger partial charge in [0.2, 0.25) is 0 Å². The van der Waals surface area contributed by atoms with E-state index in [0.29, 0.717) is 16.1 Å². The van der Waals surface area contributed by atoms with Gasteiger partial charge in [-0.05, 0) is 31.0 Å². The molecule has 0 spiro atoms. The third-order valence-electron chi connectivity index (χ3n) is 2.46. The lowest BCUT2D eigenvalue weighted by Gasteiger charge is -2.07. The smallest absolute Gasteiger partial charge is 0.253 e. The average Bonchev–Trinajstić information content (AvgIpc) is 3.01. The molecule has 1 aliphatic carbocycles. The number of rotatable bonds is 3. The molecule has 0 saturated heterocycles. The predicted octanol–water partition coefficient (Wildman–Crippen LogP) is 2.76. The molecule has 0 heterocycles. The van der Waals surface area contributed by atoms with E-state index in [9.17, 15) is 9.90 Å². The number of aliphatic hydroxyl groups is 1. The molecule has 0 atom stereocenters. The van der Waals surface area contributed by atoms with Gasteiger partial charge >= 0.3 is 0 Å². The molecule has 2 N–H and O–H groups in total.